The van der Waals surface area contributed by atoms with Crippen molar-refractivity contribution >= 4 is 17.2 Å². The summed E-state index contributed by atoms with van der Waals surface area (Å²) in [6.45, 7) is 1.90. The zero-order valence-electron chi connectivity index (χ0n) is 10.4. The fraction of sp³-hybridized carbons (Fsp3) is 0.231. The van der Waals surface area contributed by atoms with E-state index in [-0.39, 0.29) is 0 Å². The molecule has 0 unspecified atom stereocenters. The molecule has 19 heavy (non-hydrogen) atoms. The number of nitrogens with zero attached hydrogens (tertiary/aromatic N) is 5. The molecule has 0 amide bonds. The van der Waals surface area contributed by atoms with Crippen molar-refractivity contribution in [2.75, 3.05) is 0 Å². The van der Waals surface area contributed by atoms with E-state index >= 15 is 0 Å². The molecule has 0 aliphatic heterocycles. The molecule has 0 aliphatic carbocycles. The van der Waals surface area contributed by atoms with Gasteiger partial charge in [-0.15, -0.1) is 10.2 Å². The van der Waals surface area contributed by atoms with Crippen LogP contribution in [0.15, 0.2) is 30.5 Å². The third-order valence-corrected chi connectivity index (χ3v) is 3.12. The number of hydrogen-bond donors (Lipinski definition) is 0. The summed E-state index contributed by atoms with van der Waals surface area (Å²) in [6, 6.07) is 7.61. The Balaban J connectivity index is 1.90. The van der Waals surface area contributed by atoms with Gasteiger partial charge in [-0.1, -0.05) is 17.7 Å². The Hall–Kier alpha value is -2.01. The van der Waals surface area contributed by atoms with Gasteiger partial charge in [0, 0.05) is 24.4 Å². The van der Waals surface area contributed by atoms with Crippen molar-refractivity contribution in [3.63, 3.8) is 0 Å². The van der Waals surface area contributed by atoms with Gasteiger partial charge in [0.25, 0.3) is 0 Å². The van der Waals surface area contributed by atoms with Crippen LogP contribution >= 0.6 is 11.6 Å². The quantitative estimate of drug-likeness (QED) is 0.687. The standard InChI is InChI=1S/C13H12ClN5/c1-9-16-11(14)8-13-18-17-12(19(9)13)6-5-10-4-2-3-7-15-10/h2-4,7-8H,5-6H2,1H3. The Morgan fingerprint density at radius 2 is 2.11 bits per heavy atom. The average molecular weight is 274 g/mol. The molecule has 3 aromatic heterocycles. The Morgan fingerprint density at radius 3 is 2.89 bits per heavy atom. The molecule has 0 radical (unpaired) electrons. The highest BCUT2D eigenvalue weighted by Gasteiger charge is 2.10. The Bertz CT molecular complexity index is 708. The lowest BCUT2D eigenvalue weighted by atomic mass is 10.2. The predicted molar refractivity (Wildman–Crippen MR) is 72.2 cm³/mol. The molecule has 0 saturated heterocycles. The molecule has 3 rings (SSSR count). The molecule has 96 valence electrons. The lowest BCUT2D eigenvalue weighted by molar-refractivity contribution is 0.801. The number of aryl methyl sites for hydroxylation is 3. The van der Waals surface area contributed by atoms with Gasteiger partial charge >= 0.3 is 0 Å². The summed E-state index contributed by atoms with van der Waals surface area (Å²) in [6.07, 6.45) is 3.38. The van der Waals surface area contributed by atoms with Crippen LogP contribution in [-0.2, 0) is 12.8 Å². The van der Waals surface area contributed by atoms with E-state index in [1.54, 1.807) is 12.3 Å². The fourth-order valence-electron chi connectivity index (χ4n) is 2.07. The highest BCUT2D eigenvalue weighted by Crippen LogP contribution is 2.13. The van der Waals surface area contributed by atoms with Crippen LogP contribution in [0.5, 0.6) is 0 Å². The lowest BCUT2D eigenvalue weighted by Gasteiger charge is -2.03. The van der Waals surface area contributed by atoms with Crippen molar-refractivity contribution in [2.45, 2.75) is 19.8 Å². The summed E-state index contributed by atoms with van der Waals surface area (Å²) in [5, 5.41) is 8.76. The van der Waals surface area contributed by atoms with Crippen LogP contribution in [0.25, 0.3) is 5.65 Å². The first kappa shape index (κ1) is 12.0. The molecule has 0 bridgehead atoms. The predicted octanol–water partition coefficient (Wildman–Crippen LogP) is 2.27. The molecular formula is C13H12ClN5. The van der Waals surface area contributed by atoms with Gasteiger partial charge in [0.1, 0.15) is 16.8 Å². The number of hydrogen-bond acceptors (Lipinski definition) is 4. The minimum absolute atomic E-state index is 0.439. The van der Waals surface area contributed by atoms with E-state index in [0.717, 1.165) is 35.8 Å². The normalized spacial score (nSPS) is 11.1. The minimum Gasteiger partial charge on any atom is -0.267 e. The van der Waals surface area contributed by atoms with E-state index < -0.39 is 0 Å². The van der Waals surface area contributed by atoms with E-state index in [1.807, 2.05) is 29.5 Å². The zero-order chi connectivity index (χ0) is 13.2. The fourth-order valence-corrected chi connectivity index (χ4v) is 2.29. The Labute approximate surface area is 115 Å². The van der Waals surface area contributed by atoms with Gasteiger partial charge in [-0.3, -0.25) is 9.38 Å². The molecule has 0 fully saturated rings. The Kier molecular flexibility index (Phi) is 3.13. The summed E-state index contributed by atoms with van der Waals surface area (Å²) in [5.41, 5.74) is 1.77. The molecule has 3 aromatic rings. The van der Waals surface area contributed by atoms with Gasteiger partial charge in [-0.25, -0.2) is 4.98 Å². The maximum Gasteiger partial charge on any atom is 0.165 e. The SMILES string of the molecule is Cc1nc(Cl)cc2nnc(CCc3ccccn3)n12. The molecule has 0 aromatic carbocycles. The van der Waals surface area contributed by atoms with Crippen molar-refractivity contribution in [3.05, 3.63) is 53.0 Å². The first-order valence-corrected chi connectivity index (χ1v) is 6.39. The summed E-state index contributed by atoms with van der Waals surface area (Å²) in [4.78, 5) is 8.52. The van der Waals surface area contributed by atoms with E-state index in [1.165, 1.54) is 0 Å². The molecular weight excluding hydrogens is 262 g/mol. The van der Waals surface area contributed by atoms with Crippen molar-refractivity contribution in [1.82, 2.24) is 24.6 Å². The molecule has 0 saturated carbocycles. The third kappa shape index (κ3) is 2.42. The van der Waals surface area contributed by atoms with Gasteiger partial charge < -0.3 is 0 Å². The average Bonchev–Trinajstić information content (AvgIpc) is 2.81. The smallest absolute Gasteiger partial charge is 0.165 e. The maximum atomic E-state index is 5.90. The molecule has 0 N–H and O–H groups in total. The van der Waals surface area contributed by atoms with Crippen molar-refractivity contribution < 1.29 is 0 Å². The second kappa shape index (κ2) is 4.93. The van der Waals surface area contributed by atoms with Crippen LogP contribution in [0, 0.1) is 6.92 Å². The largest absolute Gasteiger partial charge is 0.267 e. The number of aromatic nitrogens is 5. The van der Waals surface area contributed by atoms with Crippen LogP contribution in [0.2, 0.25) is 5.15 Å². The maximum absolute atomic E-state index is 5.90. The van der Waals surface area contributed by atoms with Gasteiger partial charge in [0.05, 0.1) is 0 Å². The number of pyridine rings is 1. The van der Waals surface area contributed by atoms with E-state index in [9.17, 15) is 0 Å². The van der Waals surface area contributed by atoms with Crippen molar-refractivity contribution in [2.24, 2.45) is 0 Å². The summed E-state index contributed by atoms with van der Waals surface area (Å²) in [5.74, 6) is 1.67. The second-order valence-electron chi connectivity index (χ2n) is 4.26. The van der Waals surface area contributed by atoms with Crippen LogP contribution in [0.3, 0.4) is 0 Å². The first-order chi connectivity index (χ1) is 9.24. The molecule has 6 heteroatoms. The highest BCUT2D eigenvalue weighted by molar-refractivity contribution is 6.29. The summed E-state index contributed by atoms with van der Waals surface area (Å²) in [7, 11) is 0. The highest BCUT2D eigenvalue weighted by atomic mass is 35.5. The van der Waals surface area contributed by atoms with Gasteiger partial charge in [-0.05, 0) is 25.5 Å². The molecule has 0 spiro atoms. The van der Waals surface area contributed by atoms with E-state index in [4.69, 9.17) is 11.6 Å². The van der Waals surface area contributed by atoms with Crippen LogP contribution in [0.1, 0.15) is 17.3 Å². The van der Waals surface area contributed by atoms with Crippen LogP contribution in [0.4, 0.5) is 0 Å². The molecule has 5 nitrogen and oxygen atoms in total. The summed E-state index contributed by atoms with van der Waals surface area (Å²) < 4.78 is 1.93. The molecule has 3 heterocycles. The zero-order valence-corrected chi connectivity index (χ0v) is 11.2. The lowest BCUT2D eigenvalue weighted by Crippen LogP contribution is -2.03. The number of rotatable bonds is 3. The number of fused-ring (bicyclic) bond motifs is 1. The molecule has 0 aliphatic rings. The second-order valence-corrected chi connectivity index (χ2v) is 4.64. The van der Waals surface area contributed by atoms with Gasteiger partial charge in [0.2, 0.25) is 0 Å². The van der Waals surface area contributed by atoms with Gasteiger partial charge in [0.15, 0.2) is 5.65 Å². The van der Waals surface area contributed by atoms with Crippen molar-refractivity contribution in [1.29, 1.82) is 0 Å². The monoisotopic (exact) mass is 273 g/mol. The van der Waals surface area contributed by atoms with Crippen molar-refractivity contribution in [3.8, 4) is 0 Å². The van der Waals surface area contributed by atoms with E-state index in [0.29, 0.717) is 5.15 Å². The van der Waals surface area contributed by atoms with Crippen LogP contribution < -0.4 is 0 Å². The topological polar surface area (TPSA) is 56.0 Å². The van der Waals surface area contributed by atoms with Crippen LogP contribution in [-0.4, -0.2) is 24.6 Å². The molecule has 0 atom stereocenters. The first-order valence-electron chi connectivity index (χ1n) is 6.01. The Morgan fingerprint density at radius 1 is 1.21 bits per heavy atom. The number of halogens is 1. The van der Waals surface area contributed by atoms with E-state index in [2.05, 4.69) is 20.2 Å². The van der Waals surface area contributed by atoms with Gasteiger partial charge in [-0.2, -0.15) is 0 Å². The summed E-state index contributed by atoms with van der Waals surface area (Å²) >= 11 is 5.90. The third-order valence-electron chi connectivity index (χ3n) is 2.93. The minimum atomic E-state index is 0.439.